The smallest absolute Gasteiger partial charge is 0.223 e. The van der Waals surface area contributed by atoms with Gasteiger partial charge in [0.1, 0.15) is 11.9 Å². The third-order valence-electron chi connectivity index (χ3n) is 5.05. The molecular formula is C20H26N2O3. The third kappa shape index (κ3) is 3.61. The molecule has 1 aromatic heterocycles. The van der Waals surface area contributed by atoms with Crippen molar-refractivity contribution in [3.63, 3.8) is 0 Å². The van der Waals surface area contributed by atoms with Crippen molar-refractivity contribution in [2.45, 2.75) is 58.7 Å². The molecule has 1 aliphatic heterocycles. The van der Waals surface area contributed by atoms with Gasteiger partial charge in [0.15, 0.2) is 0 Å². The topological polar surface area (TPSA) is 55.6 Å². The number of morpholine rings is 1. The van der Waals surface area contributed by atoms with Crippen molar-refractivity contribution < 1.29 is 14.1 Å². The minimum atomic E-state index is -0.0829. The number of benzene rings is 1. The molecule has 2 heterocycles. The fourth-order valence-electron chi connectivity index (χ4n) is 3.72. The largest absolute Gasteiger partial charge is 0.369 e. The normalized spacial score (nSPS) is 23.7. The van der Waals surface area contributed by atoms with Crippen LogP contribution in [0.1, 0.15) is 49.0 Å². The quantitative estimate of drug-likeness (QED) is 0.852. The first kappa shape index (κ1) is 17.7. The van der Waals surface area contributed by atoms with Crippen LogP contribution in [0.4, 0.5) is 0 Å². The third-order valence-corrected chi connectivity index (χ3v) is 5.05. The molecule has 0 radical (unpaired) electrons. The van der Waals surface area contributed by atoms with Crippen molar-refractivity contribution in [3.8, 4) is 0 Å². The van der Waals surface area contributed by atoms with Gasteiger partial charge in [0, 0.05) is 12.0 Å². The van der Waals surface area contributed by atoms with Crippen molar-refractivity contribution in [1.82, 2.24) is 10.1 Å². The molecule has 0 spiro atoms. The standard InChI is InChI=1S/C20H26N2O3/c1-13-12-24-20(17-8-6-5-7-9-17)15(3)22(13)19(23)11-10-18-14(2)21-25-16(18)4/h5-9,13,15,20H,10-12H2,1-4H3/t13-,15+,20+/m1/s1. The van der Waals surface area contributed by atoms with Crippen LogP contribution in [0.5, 0.6) is 0 Å². The zero-order valence-electron chi connectivity index (χ0n) is 15.4. The van der Waals surface area contributed by atoms with Crippen molar-refractivity contribution in [1.29, 1.82) is 0 Å². The molecular weight excluding hydrogens is 316 g/mol. The molecule has 134 valence electrons. The Balaban J connectivity index is 1.71. The number of hydrogen-bond acceptors (Lipinski definition) is 4. The van der Waals surface area contributed by atoms with Gasteiger partial charge in [-0.25, -0.2) is 0 Å². The van der Waals surface area contributed by atoms with Crippen LogP contribution < -0.4 is 0 Å². The average Bonchev–Trinajstić information content (AvgIpc) is 2.92. The summed E-state index contributed by atoms with van der Waals surface area (Å²) in [7, 11) is 0. The number of aromatic nitrogens is 1. The Morgan fingerprint density at radius 2 is 1.96 bits per heavy atom. The lowest BCUT2D eigenvalue weighted by Gasteiger charge is -2.44. The maximum atomic E-state index is 12.9. The van der Waals surface area contributed by atoms with Crippen LogP contribution in [0.2, 0.25) is 0 Å². The highest BCUT2D eigenvalue weighted by Crippen LogP contribution is 2.31. The second kappa shape index (κ2) is 7.40. The van der Waals surface area contributed by atoms with Gasteiger partial charge in [-0.05, 0) is 39.7 Å². The highest BCUT2D eigenvalue weighted by Gasteiger charge is 2.36. The number of nitrogens with zero attached hydrogens (tertiary/aromatic N) is 2. The van der Waals surface area contributed by atoms with Crippen LogP contribution in [-0.4, -0.2) is 34.7 Å². The SMILES string of the molecule is Cc1noc(C)c1CCC(=O)N1[C@H](C)CO[C@H](c2ccccc2)[C@@H]1C. The van der Waals surface area contributed by atoms with Crippen LogP contribution in [-0.2, 0) is 16.0 Å². The molecule has 3 rings (SSSR count). The highest BCUT2D eigenvalue weighted by atomic mass is 16.5. The molecule has 1 saturated heterocycles. The molecule has 1 amide bonds. The summed E-state index contributed by atoms with van der Waals surface area (Å²) >= 11 is 0. The number of rotatable bonds is 4. The van der Waals surface area contributed by atoms with E-state index in [1.807, 2.05) is 43.9 Å². The molecule has 1 fully saturated rings. The fraction of sp³-hybridized carbons (Fsp3) is 0.500. The zero-order valence-corrected chi connectivity index (χ0v) is 15.4. The van der Waals surface area contributed by atoms with Crippen molar-refractivity contribution in [2.24, 2.45) is 0 Å². The van der Waals surface area contributed by atoms with Crippen molar-refractivity contribution >= 4 is 5.91 Å². The highest BCUT2D eigenvalue weighted by molar-refractivity contribution is 5.77. The van der Waals surface area contributed by atoms with Crippen LogP contribution in [0.25, 0.3) is 0 Å². The minimum absolute atomic E-state index is 0.00307. The molecule has 3 atom stereocenters. The van der Waals surface area contributed by atoms with Gasteiger partial charge in [-0.3, -0.25) is 4.79 Å². The number of carbonyl (C=O) groups is 1. The van der Waals surface area contributed by atoms with E-state index in [4.69, 9.17) is 9.26 Å². The number of carbonyl (C=O) groups excluding carboxylic acids is 1. The molecule has 0 aliphatic carbocycles. The molecule has 1 aliphatic rings. The lowest BCUT2D eigenvalue weighted by molar-refractivity contribution is -0.153. The minimum Gasteiger partial charge on any atom is -0.369 e. The first-order chi connectivity index (χ1) is 12.0. The summed E-state index contributed by atoms with van der Waals surface area (Å²) in [4.78, 5) is 14.9. The van der Waals surface area contributed by atoms with Crippen LogP contribution >= 0.6 is 0 Å². The summed E-state index contributed by atoms with van der Waals surface area (Å²) in [5, 5.41) is 3.97. The van der Waals surface area contributed by atoms with E-state index in [2.05, 4.69) is 24.2 Å². The predicted molar refractivity (Wildman–Crippen MR) is 95.2 cm³/mol. The van der Waals surface area contributed by atoms with Crippen LogP contribution in [0, 0.1) is 13.8 Å². The van der Waals surface area contributed by atoms with E-state index in [9.17, 15) is 4.79 Å². The van der Waals surface area contributed by atoms with Gasteiger partial charge in [-0.2, -0.15) is 0 Å². The molecule has 25 heavy (non-hydrogen) atoms. The molecule has 5 nitrogen and oxygen atoms in total. The zero-order chi connectivity index (χ0) is 18.0. The molecule has 0 saturated carbocycles. The Morgan fingerprint density at radius 1 is 1.24 bits per heavy atom. The fourth-order valence-corrected chi connectivity index (χ4v) is 3.72. The van der Waals surface area contributed by atoms with E-state index >= 15 is 0 Å². The number of hydrogen-bond donors (Lipinski definition) is 0. The van der Waals surface area contributed by atoms with Gasteiger partial charge in [0.2, 0.25) is 5.91 Å². The number of amides is 1. The molecule has 2 aromatic rings. The summed E-state index contributed by atoms with van der Waals surface area (Å²) in [6, 6.07) is 10.2. The van der Waals surface area contributed by atoms with E-state index in [-0.39, 0.29) is 24.1 Å². The summed E-state index contributed by atoms with van der Waals surface area (Å²) in [5.41, 5.74) is 3.03. The first-order valence-corrected chi connectivity index (χ1v) is 8.88. The van der Waals surface area contributed by atoms with Crippen molar-refractivity contribution in [2.75, 3.05) is 6.61 Å². The second-order valence-corrected chi connectivity index (χ2v) is 6.86. The van der Waals surface area contributed by atoms with Gasteiger partial charge in [-0.15, -0.1) is 0 Å². The van der Waals surface area contributed by atoms with E-state index in [1.165, 1.54) is 0 Å². The van der Waals surface area contributed by atoms with Crippen LogP contribution in [0.15, 0.2) is 34.9 Å². The summed E-state index contributed by atoms with van der Waals surface area (Å²) < 4.78 is 11.2. The van der Waals surface area contributed by atoms with Gasteiger partial charge >= 0.3 is 0 Å². The monoisotopic (exact) mass is 342 g/mol. The average molecular weight is 342 g/mol. The molecule has 0 unspecified atom stereocenters. The Labute approximate surface area is 148 Å². The van der Waals surface area contributed by atoms with E-state index < -0.39 is 0 Å². The number of ether oxygens (including phenoxy) is 1. The Hall–Kier alpha value is -2.14. The maximum Gasteiger partial charge on any atom is 0.223 e. The summed E-state index contributed by atoms with van der Waals surface area (Å²) in [6.45, 7) is 8.49. The Kier molecular flexibility index (Phi) is 5.23. The summed E-state index contributed by atoms with van der Waals surface area (Å²) in [6.07, 6.45) is 1.03. The van der Waals surface area contributed by atoms with Gasteiger partial charge in [0.05, 0.1) is 24.4 Å². The van der Waals surface area contributed by atoms with Gasteiger partial charge in [-0.1, -0.05) is 35.5 Å². The van der Waals surface area contributed by atoms with E-state index in [0.717, 1.165) is 22.6 Å². The van der Waals surface area contributed by atoms with Crippen molar-refractivity contribution in [3.05, 3.63) is 52.9 Å². The van der Waals surface area contributed by atoms with Gasteiger partial charge in [0.25, 0.3) is 0 Å². The predicted octanol–water partition coefficient (Wildman–Crippen LogP) is 3.60. The van der Waals surface area contributed by atoms with E-state index in [1.54, 1.807) is 0 Å². The second-order valence-electron chi connectivity index (χ2n) is 6.86. The molecule has 5 heteroatoms. The Bertz CT molecular complexity index is 706. The molecule has 0 N–H and O–H groups in total. The summed E-state index contributed by atoms with van der Waals surface area (Å²) in [5.74, 6) is 0.958. The maximum absolute atomic E-state index is 12.9. The van der Waals surface area contributed by atoms with Gasteiger partial charge < -0.3 is 14.2 Å². The molecule has 1 aromatic carbocycles. The lowest BCUT2D eigenvalue weighted by atomic mass is 9.97. The lowest BCUT2D eigenvalue weighted by Crippen LogP contribution is -2.53. The molecule has 0 bridgehead atoms. The van der Waals surface area contributed by atoms with E-state index in [0.29, 0.717) is 19.4 Å². The first-order valence-electron chi connectivity index (χ1n) is 8.88. The number of aryl methyl sites for hydroxylation is 2. The van der Waals surface area contributed by atoms with Crippen LogP contribution in [0.3, 0.4) is 0 Å². The Morgan fingerprint density at radius 3 is 2.60 bits per heavy atom.